The van der Waals surface area contributed by atoms with E-state index in [-0.39, 0.29) is 5.41 Å². The number of thiophene rings is 1. The van der Waals surface area contributed by atoms with E-state index in [1.165, 1.54) is 96.7 Å². The summed E-state index contributed by atoms with van der Waals surface area (Å²) in [5.41, 5.74) is 10.6. The molecule has 0 saturated heterocycles. The third-order valence-corrected chi connectivity index (χ3v) is 15.8. The van der Waals surface area contributed by atoms with Crippen molar-refractivity contribution in [2.45, 2.75) is 37.5 Å². The van der Waals surface area contributed by atoms with Gasteiger partial charge in [0.2, 0.25) is 5.95 Å². The van der Waals surface area contributed by atoms with Gasteiger partial charge in [0, 0.05) is 48.2 Å². The Kier molecular flexibility index (Phi) is 5.81. The molecule has 0 N–H and O–H groups in total. The molecule has 1 spiro atoms. The molecule has 266 valence electrons. The van der Waals surface area contributed by atoms with E-state index < -0.39 is 0 Å². The molecule has 3 nitrogen and oxygen atoms in total. The van der Waals surface area contributed by atoms with Crippen LogP contribution in [-0.2, 0) is 5.41 Å². The van der Waals surface area contributed by atoms with Crippen LogP contribution in [0.25, 0.3) is 92.0 Å². The molecule has 4 fully saturated rings. The Labute approximate surface area is 328 Å². The predicted octanol–water partition coefficient (Wildman–Crippen LogP) is 13.6. The van der Waals surface area contributed by atoms with Crippen molar-refractivity contribution >= 4 is 75.0 Å². The van der Waals surface area contributed by atoms with Gasteiger partial charge in [0.25, 0.3) is 0 Å². The summed E-state index contributed by atoms with van der Waals surface area (Å²) in [5.74, 6) is 3.94. The largest absolute Gasteiger partial charge is 0.277 e. The van der Waals surface area contributed by atoms with Gasteiger partial charge < -0.3 is 0 Å². The zero-order chi connectivity index (χ0) is 36.3. The molecule has 4 heteroatoms. The van der Waals surface area contributed by atoms with Crippen molar-refractivity contribution < 1.29 is 0 Å². The SMILES string of the molecule is c1ccc2c(c1)-c1c(ccc3c4ccc5ccccc5c4n(-c4nc(-c5ccc6ccccc6c5)c5c(n4)sc4ccccc45)c13)C21C2CC3CC(C2)CC1C3. The van der Waals surface area contributed by atoms with Crippen LogP contribution in [0.15, 0.2) is 140 Å². The molecule has 4 bridgehead atoms. The van der Waals surface area contributed by atoms with Crippen LogP contribution in [0.3, 0.4) is 0 Å². The van der Waals surface area contributed by atoms with E-state index in [1.54, 1.807) is 22.5 Å². The van der Waals surface area contributed by atoms with Crippen LogP contribution in [0, 0.1) is 23.7 Å². The quantitative estimate of drug-likeness (QED) is 0.177. The zero-order valence-corrected chi connectivity index (χ0v) is 31.7. The Bertz CT molecular complexity index is 3320. The molecule has 3 aromatic heterocycles. The van der Waals surface area contributed by atoms with E-state index in [0.717, 1.165) is 39.3 Å². The molecule has 5 aliphatic rings. The van der Waals surface area contributed by atoms with Gasteiger partial charge in [-0.2, -0.15) is 0 Å². The van der Waals surface area contributed by atoms with Gasteiger partial charge in [0.1, 0.15) is 4.83 Å². The number of benzene rings is 7. The van der Waals surface area contributed by atoms with Crippen LogP contribution in [0.1, 0.15) is 43.2 Å². The first-order chi connectivity index (χ1) is 27.7. The minimum atomic E-state index is 0.0728. The number of hydrogen-bond acceptors (Lipinski definition) is 3. The maximum Gasteiger partial charge on any atom is 0.236 e. The lowest BCUT2D eigenvalue weighted by atomic mass is 9.43. The summed E-state index contributed by atoms with van der Waals surface area (Å²) in [4.78, 5) is 12.4. The molecule has 56 heavy (non-hydrogen) atoms. The topological polar surface area (TPSA) is 30.7 Å². The van der Waals surface area contributed by atoms with Gasteiger partial charge in [-0.05, 0) is 101 Å². The van der Waals surface area contributed by atoms with Crippen LogP contribution in [0.4, 0.5) is 0 Å². The monoisotopic (exact) mass is 735 g/mol. The first-order valence-electron chi connectivity index (χ1n) is 20.5. The number of hydrogen-bond donors (Lipinski definition) is 0. The third kappa shape index (κ3) is 3.74. The molecular formula is C52H37N3S. The average molecular weight is 736 g/mol. The summed E-state index contributed by atoms with van der Waals surface area (Å²) in [5, 5.41) is 9.82. The Morgan fingerprint density at radius 1 is 0.536 bits per heavy atom. The Morgan fingerprint density at radius 2 is 1.21 bits per heavy atom. The summed E-state index contributed by atoms with van der Waals surface area (Å²) < 4.78 is 3.73. The smallest absolute Gasteiger partial charge is 0.236 e. The van der Waals surface area contributed by atoms with Crippen molar-refractivity contribution in [1.29, 1.82) is 0 Å². The van der Waals surface area contributed by atoms with Gasteiger partial charge >= 0.3 is 0 Å². The number of aromatic nitrogens is 3. The van der Waals surface area contributed by atoms with Crippen LogP contribution >= 0.6 is 11.3 Å². The first kappa shape index (κ1) is 30.4. The fraction of sp³-hybridized carbons (Fsp3) is 0.192. The van der Waals surface area contributed by atoms with E-state index >= 15 is 0 Å². The maximum atomic E-state index is 5.77. The highest BCUT2D eigenvalue weighted by Gasteiger charge is 2.61. The van der Waals surface area contributed by atoms with Gasteiger partial charge in [-0.1, -0.05) is 127 Å². The summed E-state index contributed by atoms with van der Waals surface area (Å²) in [6.07, 6.45) is 6.93. The highest BCUT2D eigenvalue weighted by Crippen LogP contribution is 2.70. The lowest BCUT2D eigenvalue weighted by Gasteiger charge is -2.61. The molecular weight excluding hydrogens is 699 g/mol. The highest BCUT2D eigenvalue weighted by molar-refractivity contribution is 7.25. The molecule has 5 aliphatic carbocycles. The van der Waals surface area contributed by atoms with Crippen molar-refractivity contribution in [3.8, 4) is 28.3 Å². The van der Waals surface area contributed by atoms with Crippen molar-refractivity contribution in [3.63, 3.8) is 0 Å². The van der Waals surface area contributed by atoms with Gasteiger partial charge in [-0.3, -0.25) is 4.57 Å². The third-order valence-electron chi connectivity index (χ3n) is 14.8. The second-order valence-corrected chi connectivity index (χ2v) is 18.4. The van der Waals surface area contributed by atoms with Gasteiger partial charge in [0.15, 0.2) is 0 Å². The fourth-order valence-corrected chi connectivity index (χ4v) is 14.0. The molecule has 0 atom stereocenters. The maximum absolute atomic E-state index is 5.77. The average Bonchev–Trinajstić information content (AvgIpc) is 3.88. The molecule has 0 radical (unpaired) electrons. The number of nitrogens with zero attached hydrogens (tertiary/aromatic N) is 3. The van der Waals surface area contributed by atoms with Crippen LogP contribution in [0.2, 0.25) is 0 Å². The molecule has 0 unspecified atom stereocenters. The predicted molar refractivity (Wildman–Crippen MR) is 233 cm³/mol. The molecule has 0 amide bonds. The van der Waals surface area contributed by atoms with Gasteiger partial charge in [0.05, 0.1) is 16.7 Å². The number of fused-ring (bicyclic) bond motifs is 13. The minimum absolute atomic E-state index is 0.0728. The molecule has 4 saturated carbocycles. The van der Waals surface area contributed by atoms with E-state index in [1.807, 2.05) is 0 Å². The van der Waals surface area contributed by atoms with E-state index in [2.05, 4.69) is 144 Å². The Morgan fingerprint density at radius 3 is 2.07 bits per heavy atom. The number of rotatable bonds is 2. The first-order valence-corrected chi connectivity index (χ1v) is 21.3. The molecule has 0 aliphatic heterocycles. The van der Waals surface area contributed by atoms with Crippen molar-refractivity contribution in [1.82, 2.24) is 14.5 Å². The lowest BCUT2D eigenvalue weighted by Crippen LogP contribution is -2.55. The van der Waals surface area contributed by atoms with Crippen molar-refractivity contribution in [2.75, 3.05) is 0 Å². The van der Waals surface area contributed by atoms with Gasteiger partial charge in [-0.25, -0.2) is 9.97 Å². The highest BCUT2D eigenvalue weighted by atomic mass is 32.1. The molecule has 7 aromatic carbocycles. The zero-order valence-electron chi connectivity index (χ0n) is 30.9. The van der Waals surface area contributed by atoms with E-state index in [0.29, 0.717) is 11.8 Å². The van der Waals surface area contributed by atoms with E-state index in [9.17, 15) is 0 Å². The van der Waals surface area contributed by atoms with Crippen molar-refractivity contribution in [2.24, 2.45) is 23.7 Å². The van der Waals surface area contributed by atoms with Crippen LogP contribution < -0.4 is 0 Å². The second kappa shape index (κ2) is 10.7. The van der Waals surface area contributed by atoms with E-state index in [4.69, 9.17) is 9.97 Å². The fourth-order valence-electron chi connectivity index (χ4n) is 13.0. The van der Waals surface area contributed by atoms with Crippen LogP contribution in [-0.4, -0.2) is 14.5 Å². The van der Waals surface area contributed by atoms with Crippen LogP contribution in [0.5, 0.6) is 0 Å². The van der Waals surface area contributed by atoms with Gasteiger partial charge in [-0.15, -0.1) is 11.3 Å². The Balaban J connectivity index is 1.15. The minimum Gasteiger partial charge on any atom is -0.277 e. The second-order valence-electron chi connectivity index (χ2n) is 17.3. The Hall–Kier alpha value is -5.84. The molecule has 3 heterocycles. The summed E-state index contributed by atoms with van der Waals surface area (Å²) in [6.45, 7) is 0. The summed E-state index contributed by atoms with van der Waals surface area (Å²) >= 11 is 1.78. The summed E-state index contributed by atoms with van der Waals surface area (Å²) in [7, 11) is 0. The lowest BCUT2D eigenvalue weighted by molar-refractivity contribution is -0.0399. The standard InChI is InChI=1S/C52H37N3S/c1-2-11-33-28-34(18-17-31(33)9-1)47-46-41-14-6-8-16-44(41)56-50(46)54-51(53-47)55-48-37-12-4-3-10-32(37)19-20-38(48)39-21-22-43-45(49(39)55)40-13-5-7-15-42(40)52(43)35-24-29-23-30(26-35)27-36(52)25-29/h1-22,28-30,35-36H,23-27H2. The molecule has 15 rings (SSSR count). The normalized spacial score (nSPS) is 23.4. The van der Waals surface area contributed by atoms with Crippen molar-refractivity contribution in [3.05, 3.63) is 151 Å². The molecule has 10 aromatic rings. The summed E-state index contributed by atoms with van der Waals surface area (Å²) in [6, 6.07) is 52.3.